The van der Waals surface area contributed by atoms with Gasteiger partial charge < -0.3 is 10.1 Å². The third-order valence-electron chi connectivity index (χ3n) is 2.37. The molecule has 15 heavy (non-hydrogen) atoms. The van der Waals surface area contributed by atoms with Crippen molar-refractivity contribution >= 4 is 5.97 Å². The third-order valence-corrected chi connectivity index (χ3v) is 2.37. The smallest absolute Gasteiger partial charge is 0.333 e. The first-order valence-corrected chi connectivity index (χ1v) is 5.60. The molecule has 0 heterocycles. The van der Waals surface area contributed by atoms with E-state index in [-0.39, 0.29) is 5.97 Å². The number of carbonyl (C=O) groups excluding carboxylic acids is 1. The van der Waals surface area contributed by atoms with Gasteiger partial charge in [-0.3, -0.25) is 0 Å². The molecule has 3 heteroatoms. The molecule has 0 fully saturated rings. The highest BCUT2D eigenvalue weighted by Gasteiger charge is 2.02. The van der Waals surface area contributed by atoms with Gasteiger partial charge in [-0.25, -0.2) is 4.79 Å². The van der Waals surface area contributed by atoms with E-state index in [1.165, 1.54) is 26.4 Å². The van der Waals surface area contributed by atoms with E-state index in [0.29, 0.717) is 11.6 Å². The van der Waals surface area contributed by atoms with Crippen LogP contribution in [0.3, 0.4) is 0 Å². The number of rotatable bonds is 7. The van der Waals surface area contributed by atoms with Crippen LogP contribution in [0.2, 0.25) is 0 Å². The molecule has 0 aliphatic carbocycles. The number of hydrogen-bond donors (Lipinski definition) is 1. The van der Waals surface area contributed by atoms with Crippen LogP contribution in [0.15, 0.2) is 11.6 Å². The van der Waals surface area contributed by atoms with Gasteiger partial charge in [-0.05, 0) is 20.3 Å². The van der Waals surface area contributed by atoms with Crippen molar-refractivity contribution in [3.05, 3.63) is 11.6 Å². The van der Waals surface area contributed by atoms with E-state index in [2.05, 4.69) is 23.9 Å². The van der Waals surface area contributed by atoms with Crippen LogP contribution in [0.4, 0.5) is 0 Å². The summed E-state index contributed by atoms with van der Waals surface area (Å²) in [7, 11) is 1.40. The summed E-state index contributed by atoms with van der Waals surface area (Å²) in [6.07, 6.45) is 5.52. The predicted octanol–water partition coefficient (Wildman–Crippen LogP) is 2.27. The zero-order valence-corrected chi connectivity index (χ0v) is 10.3. The zero-order valence-electron chi connectivity index (χ0n) is 10.3. The van der Waals surface area contributed by atoms with Crippen LogP contribution in [0.5, 0.6) is 0 Å². The number of esters is 1. The first-order valence-electron chi connectivity index (χ1n) is 5.60. The van der Waals surface area contributed by atoms with Gasteiger partial charge in [0.05, 0.1) is 7.11 Å². The predicted molar refractivity (Wildman–Crippen MR) is 62.8 cm³/mol. The van der Waals surface area contributed by atoms with Gasteiger partial charge >= 0.3 is 5.97 Å². The molecule has 0 saturated carbocycles. The molecule has 1 N–H and O–H groups in total. The van der Waals surface area contributed by atoms with E-state index in [9.17, 15) is 4.79 Å². The zero-order chi connectivity index (χ0) is 11.7. The lowest BCUT2D eigenvalue weighted by Crippen LogP contribution is -2.26. The van der Waals surface area contributed by atoms with Gasteiger partial charge in [0.1, 0.15) is 0 Å². The minimum absolute atomic E-state index is 0.252. The lowest BCUT2D eigenvalue weighted by Gasteiger charge is -2.11. The summed E-state index contributed by atoms with van der Waals surface area (Å²) in [5, 5.41) is 3.34. The van der Waals surface area contributed by atoms with E-state index in [0.717, 1.165) is 6.54 Å². The van der Waals surface area contributed by atoms with Gasteiger partial charge in [0.25, 0.3) is 0 Å². The van der Waals surface area contributed by atoms with Crippen molar-refractivity contribution < 1.29 is 9.53 Å². The monoisotopic (exact) mass is 213 g/mol. The molecule has 0 aliphatic heterocycles. The van der Waals surface area contributed by atoms with Crippen molar-refractivity contribution in [3.63, 3.8) is 0 Å². The second-order valence-electron chi connectivity index (χ2n) is 3.83. The second-order valence-corrected chi connectivity index (χ2v) is 3.83. The summed E-state index contributed by atoms with van der Waals surface area (Å²) >= 11 is 0. The Kier molecular flexibility index (Phi) is 8.01. The Bertz CT molecular complexity index is 212. The highest BCUT2D eigenvalue weighted by Crippen LogP contribution is 1.99. The normalized spacial score (nSPS) is 13.7. The molecule has 0 saturated heterocycles. The molecular weight excluding hydrogens is 190 g/mol. The van der Waals surface area contributed by atoms with Crippen LogP contribution >= 0.6 is 0 Å². The fourth-order valence-corrected chi connectivity index (χ4v) is 1.27. The summed E-state index contributed by atoms with van der Waals surface area (Å²) in [4.78, 5) is 11.0. The molecular formula is C12H23NO2. The number of methoxy groups -OCH3 is 1. The van der Waals surface area contributed by atoms with Gasteiger partial charge in [0, 0.05) is 18.2 Å². The van der Waals surface area contributed by atoms with Gasteiger partial charge in [-0.15, -0.1) is 0 Å². The largest absolute Gasteiger partial charge is 0.466 e. The molecule has 0 aromatic rings. The summed E-state index contributed by atoms with van der Waals surface area (Å²) in [5.41, 5.74) is 0.660. The molecule has 0 amide bonds. The average molecular weight is 213 g/mol. The molecule has 0 radical (unpaired) electrons. The lowest BCUT2D eigenvalue weighted by atomic mass is 10.1. The van der Waals surface area contributed by atoms with E-state index in [1.807, 2.05) is 6.08 Å². The summed E-state index contributed by atoms with van der Waals surface area (Å²) in [6, 6.07) is 0.506. The van der Waals surface area contributed by atoms with Crippen LogP contribution in [-0.4, -0.2) is 25.7 Å². The fraction of sp³-hybridized carbons (Fsp3) is 0.750. The number of carbonyl (C=O) groups is 1. The molecule has 0 aromatic heterocycles. The van der Waals surface area contributed by atoms with E-state index >= 15 is 0 Å². The van der Waals surface area contributed by atoms with E-state index < -0.39 is 0 Å². The van der Waals surface area contributed by atoms with Crippen molar-refractivity contribution in [1.82, 2.24) is 5.32 Å². The minimum atomic E-state index is -0.252. The van der Waals surface area contributed by atoms with Gasteiger partial charge in [-0.1, -0.05) is 25.8 Å². The average Bonchev–Trinajstić information content (AvgIpc) is 2.24. The highest BCUT2D eigenvalue weighted by atomic mass is 16.5. The Hall–Kier alpha value is -0.830. The van der Waals surface area contributed by atoms with Crippen molar-refractivity contribution in [2.45, 2.75) is 46.1 Å². The molecule has 0 aromatic carbocycles. The Balaban J connectivity index is 3.71. The van der Waals surface area contributed by atoms with Gasteiger partial charge in [0.15, 0.2) is 0 Å². The topological polar surface area (TPSA) is 38.3 Å². The van der Waals surface area contributed by atoms with Crippen molar-refractivity contribution in [2.75, 3.05) is 13.7 Å². The number of ether oxygens (including phenoxy) is 1. The van der Waals surface area contributed by atoms with Crippen LogP contribution in [-0.2, 0) is 9.53 Å². The van der Waals surface area contributed by atoms with Gasteiger partial charge in [-0.2, -0.15) is 0 Å². The Morgan fingerprint density at radius 3 is 2.73 bits per heavy atom. The molecule has 1 atom stereocenters. The molecule has 0 rings (SSSR count). The molecule has 0 aliphatic rings. The number of unbranched alkanes of at least 4 members (excludes halogenated alkanes) is 1. The lowest BCUT2D eigenvalue weighted by molar-refractivity contribution is -0.136. The molecule has 1 unspecified atom stereocenters. The van der Waals surface area contributed by atoms with E-state index in [4.69, 9.17) is 0 Å². The van der Waals surface area contributed by atoms with Crippen LogP contribution in [0.25, 0.3) is 0 Å². The molecule has 0 spiro atoms. The summed E-state index contributed by atoms with van der Waals surface area (Å²) < 4.78 is 4.60. The van der Waals surface area contributed by atoms with Crippen molar-refractivity contribution in [1.29, 1.82) is 0 Å². The maximum atomic E-state index is 11.0. The van der Waals surface area contributed by atoms with Gasteiger partial charge in [0.2, 0.25) is 0 Å². The van der Waals surface area contributed by atoms with Crippen LogP contribution < -0.4 is 5.32 Å². The Morgan fingerprint density at radius 2 is 2.20 bits per heavy atom. The van der Waals surface area contributed by atoms with Crippen molar-refractivity contribution in [2.24, 2.45) is 0 Å². The molecule has 88 valence electrons. The first-order chi connectivity index (χ1) is 7.11. The van der Waals surface area contributed by atoms with Crippen molar-refractivity contribution in [3.8, 4) is 0 Å². The van der Waals surface area contributed by atoms with Crippen LogP contribution in [0, 0.1) is 0 Å². The fourth-order valence-electron chi connectivity index (χ4n) is 1.27. The maximum absolute atomic E-state index is 11.0. The third kappa shape index (κ3) is 7.14. The maximum Gasteiger partial charge on any atom is 0.333 e. The minimum Gasteiger partial charge on any atom is -0.466 e. The number of hydrogen-bond acceptors (Lipinski definition) is 3. The Morgan fingerprint density at radius 1 is 1.53 bits per heavy atom. The molecule has 3 nitrogen and oxygen atoms in total. The molecule has 0 bridgehead atoms. The second kappa shape index (κ2) is 8.48. The quantitative estimate of drug-likeness (QED) is 0.521. The van der Waals surface area contributed by atoms with Crippen LogP contribution in [0.1, 0.15) is 40.0 Å². The number of nitrogens with one attached hydrogen (secondary N) is 1. The summed E-state index contributed by atoms with van der Waals surface area (Å²) in [6.45, 7) is 6.85. The summed E-state index contributed by atoms with van der Waals surface area (Å²) in [5.74, 6) is -0.252. The van der Waals surface area contributed by atoms with E-state index in [1.54, 1.807) is 6.92 Å². The SMILES string of the molecule is CCCCC(C)NC/C=C(/C)C(=O)OC. The first kappa shape index (κ1) is 14.2. The Labute approximate surface area is 92.9 Å². The standard InChI is InChI=1S/C12H23NO2/c1-5-6-7-11(3)13-9-8-10(2)12(14)15-4/h8,11,13H,5-7,9H2,1-4H3/b10-8-. The highest BCUT2D eigenvalue weighted by molar-refractivity contribution is 5.87.